The number of rotatable bonds is 6. The van der Waals surface area contributed by atoms with E-state index in [1.54, 1.807) is 0 Å². The van der Waals surface area contributed by atoms with Crippen molar-refractivity contribution in [2.45, 2.75) is 37.1 Å². The van der Waals surface area contributed by atoms with Crippen LogP contribution in [0.3, 0.4) is 0 Å². The van der Waals surface area contributed by atoms with Gasteiger partial charge < -0.3 is 34.5 Å². The summed E-state index contributed by atoms with van der Waals surface area (Å²) in [5, 5.41) is 47.4. The molecule has 136 valence electrons. The van der Waals surface area contributed by atoms with Crippen LogP contribution in [-0.4, -0.2) is 68.8 Å². The third-order valence-electron chi connectivity index (χ3n) is 3.45. The summed E-state index contributed by atoms with van der Waals surface area (Å²) in [7, 11) is 0. The number of hydrogen-bond acceptors (Lipinski definition) is 10. The predicted molar refractivity (Wildman–Crippen MR) is 71.5 cm³/mol. The Morgan fingerprint density at radius 1 is 1.42 bits per heavy atom. The van der Waals surface area contributed by atoms with Crippen molar-refractivity contribution in [2.75, 3.05) is 13.2 Å². The molecule has 1 aromatic rings. The summed E-state index contributed by atoms with van der Waals surface area (Å²) >= 11 is 0. The van der Waals surface area contributed by atoms with Crippen LogP contribution in [0, 0.1) is 5.21 Å². The highest BCUT2D eigenvalue weighted by Gasteiger charge is 2.48. The summed E-state index contributed by atoms with van der Waals surface area (Å²) in [5.74, 6) is -0.952. The van der Waals surface area contributed by atoms with Gasteiger partial charge in [-0.15, -0.1) is 0 Å². The Bertz CT molecular complexity index is 599. The minimum absolute atomic E-state index is 0.459. The number of esters is 1. The van der Waals surface area contributed by atoms with Crippen LogP contribution < -0.4 is 10.9 Å². The number of carbonyl (C=O) groups is 1. The maximum absolute atomic E-state index is 11.7. The summed E-state index contributed by atoms with van der Waals surface area (Å²) in [6, 6.07) is 1.06. The van der Waals surface area contributed by atoms with Crippen LogP contribution in [-0.2, 0) is 14.3 Å². The van der Waals surface area contributed by atoms with Gasteiger partial charge in [0.15, 0.2) is 12.3 Å². The van der Waals surface area contributed by atoms with Crippen molar-refractivity contribution in [1.29, 1.82) is 0 Å². The standard InChI is InChI=1S/C12H18N2O10/c15-5-6-9(18)11(23-7(16)2-4-14(20)21)10(19)12(22-6)13-3-1-8(17)24-13/h1,3,6,9-12,14-15,18-20H,2,4-5H2. The molecule has 2 rings (SSSR count). The zero-order valence-electron chi connectivity index (χ0n) is 12.3. The molecule has 1 saturated heterocycles. The van der Waals surface area contributed by atoms with E-state index < -0.39 is 67.0 Å². The monoisotopic (exact) mass is 350 g/mol. The number of quaternary nitrogens is 1. The summed E-state index contributed by atoms with van der Waals surface area (Å²) in [5.41, 5.74) is -0.715. The Labute approximate surface area is 134 Å². The number of aliphatic hydroxyl groups excluding tert-OH is 3. The Balaban J connectivity index is 2.14. The van der Waals surface area contributed by atoms with Gasteiger partial charge in [-0.3, -0.25) is 4.79 Å². The van der Waals surface area contributed by atoms with Gasteiger partial charge in [-0.2, -0.15) is 4.74 Å². The van der Waals surface area contributed by atoms with Crippen molar-refractivity contribution >= 4 is 5.97 Å². The van der Waals surface area contributed by atoms with Gasteiger partial charge in [0.05, 0.1) is 13.0 Å². The number of nitrogens with one attached hydrogen (secondary N) is 1. The lowest BCUT2D eigenvalue weighted by Gasteiger charge is -2.41. The zero-order valence-corrected chi connectivity index (χ0v) is 12.3. The van der Waals surface area contributed by atoms with Crippen LogP contribution in [0.5, 0.6) is 0 Å². The van der Waals surface area contributed by atoms with Gasteiger partial charge in [0, 0.05) is 12.3 Å². The molecule has 6 atom stereocenters. The second kappa shape index (κ2) is 7.85. The molecule has 1 fully saturated rings. The first kappa shape index (κ1) is 18.5. The van der Waals surface area contributed by atoms with Gasteiger partial charge in [0.25, 0.3) is 0 Å². The third kappa shape index (κ3) is 4.18. The van der Waals surface area contributed by atoms with Gasteiger partial charge in [-0.25, -0.2) is 15.2 Å². The third-order valence-corrected chi connectivity index (χ3v) is 3.45. The van der Waals surface area contributed by atoms with Crippen LogP contribution in [0.25, 0.3) is 0 Å². The number of hydroxylamine groups is 2. The first-order valence-corrected chi connectivity index (χ1v) is 7.05. The molecule has 0 saturated carbocycles. The molecule has 0 amide bonds. The maximum Gasteiger partial charge on any atom is 0.357 e. The molecule has 1 aromatic heterocycles. The second-order valence-corrected chi connectivity index (χ2v) is 5.16. The average Bonchev–Trinajstić information content (AvgIpc) is 2.96. The van der Waals surface area contributed by atoms with E-state index in [1.807, 2.05) is 0 Å². The highest BCUT2D eigenvalue weighted by Crippen LogP contribution is 2.30. The van der Waals surface area contributed by atoms with E-state index in [4.69, 9.17) is 19.2 Å². The number of hydrogen-bond donors (Lipinski definition) is 5. The number of carbonyl (C=O) groups excluding carboxylic acids is 1. The quantitative estimate of drug-likeness (QED) is 0.252. The van der Waals surface area contributed by atoms with Crippen molar-refractivity contribution < 1.29 is 44.5 Å². The Morgan fingerprint density at radius 3 is 2.67 bits per heavy atom. The van der Waals surface area contributed by atoms with Crippen molar-refractivity contribution in [3.05, 3.63) is 27.9 Å². The highest BCUT2D eigenvalue weighted by molar-refractivity contribution is 5.69. The molecule has 0 spiro atoms. The minimum atomic E-state index is -1.62. The zero-order chi connectivity index (χ0) is 17.9. The fourth-order valence-corrected chi connectivity index (χ4v) is 2.27. The second-order valence-electron chi connectivity index (χ2n) is 5.16. The largest absolute Gasteiger partial charge is 0.600 e. The molecule has 24 heavy (non-hydrogen) atoms. The topological polar surface area (TPSA) is 179 Å². The van der Waals surface area contributed by atoms with Crippen LogP contribution in [0.1, 0.15) is 12.6 Å². The summed E-state index contributed by atoms with van der Waals surface area (Å²) in [6.45, 7) is -1.13. The molecule has 0 radical (unpaired) electrons. The van der Waals surface area contributed by atoms with Crippen molar-refractivity contribution in [3.8, 4) is 0 Å². The van der Waals surface area contributed by atoms with Crippen molar-refractivity contribution in [1.82, 2.24) is 4.74 Å². The van der Waals surface area contributed by atoms with Crippen LogP contribution >= 0.6 is 0 Å². The van der Waals surface area contributed by atoms with E-state index in [0.717, 1.165) is 10.8 Å². The van der Waals surface area contributed by atoms with E-state index >= 15 is 0 Å². The number of aromatic nitrogens is 1. The molecular formula is C12H18N2O10. The molecule has 0 aromatic carbocycles. The summed E-state index contributed by atoms with van der Waals surface area (Å²) in [6.07, 6.45) is -6.52. The lowest BCUT2D eigenvalue weighted by Crippen LogP contribution is -3.04. The Kier molecular flexibility index (Phi) is 6.06. The van der Waals surface area contributed by atoms with Gasteiger partial charge in [0.1, 0.15) is 24.9 Å². The van der Waals surface area contributed by atoms with E-state index in [9.17, 15) is 30.1 Å². The highest BCUT2D eigenvalue weighted by atomic mass is 16.8. The molecule has 12 heteroatoms. The van der Waals surface area contributed by atoms with Gasteiger partial charge >= 0.3 is 11.6 Å². The number of aliphatic hydroxyl groups is 3. The van der Waals surface area contributed by atoms with Crippen LogP contribution in [0.15, 0.2) is 21.6 Å². The molecule has 1 aliphatic rings. The van der Waals surface area contributed by atoms with E-state index in [-0.39, 0.29) is 0 Å². The van der Waals surface area contributed by atoms with Crippen LogP contribution in [0.2, 0.25) is 0 Å². The van der Waals surface area contributed by atoms with E-state index in [2.05, 4.69) is 0 Å². The summed E-state index contributed by atoms with van der Waals surface area (Å²) in [4.78, 5) is 22.8. The average molecular weight is 350 g/mol. The molecule has 2 heterocycles. The molecular weight excluding hydrogens is 332 g/mol. The predicted octanol–water partition coefficient (Wildman–Crippen LogP) is -3.87. The molecule has 5 N–H and O–H groups in total. The molecule has 6 unspecified atom stereocenters. The fourth-order valence-electron chi connectivity index (χ4n) is 2.27. The minimum Gasteiger partial charge on any atom is -0.600 e. The fraction of sp³-hybridized carbons (Fsp3) is 0.667. The molecule has 0 bridgehead atoms. The van der Waals surface area contributed by atoms with E-state index in [0.29, 0.717) is 0 Å². The lowest BCUT2D eigenvalue weighted by molar-refractivity contribution is -1.05. The first-order chi connectivity index (χ1) is 11.3. The van der Waals surface area contributed by atoms with Crippen LogP contribution in [0.4, 0.5) is 0 Å². The van der Waals surface area contributed by atoms with Gasteiger partial charge in [-0.05, 0) is 0 Å². The van der Waals surface area contributed by atoms with Crippen molar-refractivity contribution in [2.24, 2.45) is 0 Å². The molecule has 0 aliphatic carbocycles. The smallest absolute Gasteiger partial charge is 0.357 e. The maximum atomic E-state index is 11.7. The summed E-state index contributed by atoms with van der Waals surface area (Å²) < 4.78 is 15.8. The lowest BCUT2D eigenvalue weighted by atomic mass is 9.98. The molecule has 1 aliphatic heterocycles. The normalized spacial score (nSPS) is 31.6. The van der Waals surface area contributed by atoms with Crippen molar-refractivity contribution in [3.63, 3.8) is 0 Å². The molecule has 12 nitrogen and oxygen atoms in total. The van der Waals surface area contributed by atoms with Gasteiger partial charge in [0.2, 0.25) is 0 Å². The number of ether oxygens (including phenoxy) is 2. The Morgan fingerprint density at radius 2 is 2.12 bits per heavy atom. The van der Waals surface area contributed by atoms with E-state index in [1.165, 1.54) is 6.20 Å². The number of nitrogens with zero attached hydrogens (tertiary/aromatic N) is 1. The SMILES string of the molecule is O=C(CC[NH+]([O-])O)OC1C(O)C(CO)OC(n2ccc(=O)o2)C1O. The first-order valence-electron chi connectivity index (χ1n) is 7.05. The van der Waals surface area contributed by atoms with Gasteiger partial charge in [-0.1, -0.05) is 0 Å². The Hall–Kier alpha value is -1.80.